The molecule has 0 saturated carbocycles. The van der Waals surface area contributed by atoms with Gasteiger partial charge in [0, 0.05) is 21.1 Å². The fourth-order valence-corrected chi connectivity index (χ4v) is 6.11. The Kier molecular flexibility index (Phi) is 8.72. The lowest BCUT2D eigenvalue weighted by Crippen LogP contribution is -2.01. The quantitative estimate of drug-likeness (QED) is 0.0294. The van der Waals surface area contributed by atoms with E-state index in [1.54, 1.807) is 42.5 Å². The third-order valence-electron chi connectivity index (χ3n) is 7.10. The molecular weight excluding hydrogens is 629 g/mol. The van der Waals surface area contributed by atoms with Crippen molar-refractivity contribution in [1.82, 2.24) is 0 Å². The molecule has 0 bridgehead atoms. The molecule has 6 rings (SSSR count). The number of rotatable bonds is 9. The Morgan fingerprint density at radius 3 is 1.57 bits per heavy atom. The molecule has 6 aromatic rings. The van der Waals surface area contributed by atoms with Crippen LogP contribution in [0.15, 0.2) is 139 Å². The Bertz CT molecular complexity index is 2240. The van der Waals surface area contributed by atoms with Gasteiger partial charge in [0.2, 0.25) is 0 Å². The van der Waals surface area contributed by atoms with Crippen LogP contribution >= 0.6 is 12.0 Å². The van der Waals surface area contributed by atoms with E-state index in [2.05, 4.69) is 29.8 Å². The number of benzene rings is 6. The van der Waals surface area contributed by atoms with E-state index in [0.29, 0.717) is 38.4 Å². The van der Waals surface area contributed by atoms with Crippen LogP contribution in [0.1, 0.15) is 0 Å². The van der Waals surface area contributed by atoms with E-state index < -0.39 is 10.1 Å². The molecule has 0 fully saturated rings. The molecule has 230 valence electrons. The Labute approximate surface area is 266 Å². The first-order valence-corrected chi connectivity index (χ1v) is 15.7. The van der Waals surface area contributed by atoms with Crippen molar-refractivity contribution in [2.75, 3.05) is 11.5 Å². The van der Waals surface area contributed by atoms with Crippen molar-refractivity contribution in [3.63, 3.8) is 0 Å². The molecule has 0 aliphatic heterocycles. The van der Waals surface area contributed by atoms with Gasteiger partial charge < -0.3 is 11.5 Å². The van der Waals surface area contributed by atoms with E-state index in [0.717, 1.165) is 33.9 Å². The molecule has 0 aromatic heterocycles. The molecule has 6 aromatic carbocycles. The highest BCUT2D eigenvalue weighted by Gasteiger charge is 2.18. The largest absolute Gasteiger partial charge is 0.396 e. The number of azo groups is 2. The third kappa shape index (κ3) is 6.43. The molecule has 0 aliphatic carbocycles. The summed E-state index contributed by atoms with van der Waals surface area (Å²) in [6, 6.07) is 31.6. The van der Waals surface area contributed by atoms with Gasteiger partial charge in [-0.05, 0) is 52.9 Å². The number of hydrogen-bond donors (Lipinski definition) is 4. The summed E-state index contributed by atoms with van der Waals surface area (Å²) < 4.78 is 38.3. The minimum atomic E-state index is -4.52. The molecule has 14 heteroatoms. The van der Waals surface area contributed by atoms with E-state index in [1.165, 1.54) is 6.07 Å². The van der Waals surface area contributed by atoms with Gasteiger partial charge in [-0.15, -0.1) is 14.6 Å². The maximum absolute atomic E-state index is 12.0. The maximum atomic E-state index is 12.0. The van der Waals surface area contributed by atoms with Crippen LogP contribution in [0.25, 0.3) is 32.7 Å². The molecule has 0 atom stereocenters. The van der Waals surface area contributed by atoms with Gasteiger partial charge in [0.15, 0.2) is 0 Å². The van der Waals surface area contributed by atoms with Gasteiger partial charge in [-0.2, -0.15) is 18.6 Å². The van der Waals surface area contributed by atoms with Crippen LogP contribution in [0.2, 0.25) is 0 Å². The first kappa shape index (κ1) is 30.8. The second-order valence-electron chi connectivity index (χ2n) is 9.90. The number of anilines is 2. The van der Waals surface area contributed by atoms with Crippen LogP contribution in [-0.4, -0.2) is 18.2 Å². The summed E-state index contributed by atoms with van der Waals surface area (Å²) in [7, 11) is -4.52. The fraction of sp³-hybridized carbons (Fsp3) is 0. The topological polar surface area (TPSA) is 195 Å². The SMILES string of the molecule is Nc1c(/N=N/c2ccc(-c3ccc(/N=N/c4cc(S(=O)(=O)O)c5ccccc5c4N)cc3)cc2)cc(SOOO)c2ccccc12. The molecule has 0 saturated heterocycles. The fourth-order valence-electron chi connectivity index (χ4n) is 4.86. The van der Waals surface area contributed by atoms with E-state index in [1.807, 2.05) is 60.7 Å². The minimum Gasteiger partial charge on any atom is -0.396 e. The summed E-state index contributed by atoms with van der Waals surface area (Å²) in [5, 5.41) is 31.7. The van der Waals surface area contributed by atoms with E-state index in [-0.39, 0.29) is 16.3 Å². The highest BCUT2D eigenvalue weighted by atomic mass is 32.2. The zero-order chi connectivity index (χ0) is 32.3. The molecule has 0 spiro atoms. The molecule has 0 radical (unpaired) electrons. The highest BCUT2D eigenvalue weighted by Crippen LogP contribution is 2.40. The van der Waals surface area contributed by atoms with Gasteiger partial charge in [0.05, 0.1) is 34.8 Å². The van der Waals surface area contributed by atoms with Crippen LogP contribution in [-0.2, 0) is 19.5 Å². The molecule has 0 heterocycles. The van der Waals surface area contributed by atoms with Crippen molar-refractivity contribution in [2.45, 2.75) is 9.79 Å². The molecule has 0 aliphatic rings. The minimum absolute atomic E-state index is 0.119. The predicted molar refractivity (Wildman–Crippen MR) is 177 cm³/mol. The van der Waals surface area contributed by atoms with Crippen LogP contribution in [0.4, 0.5) is 34.1 Å². The summed E-state index contributed by atoms with van der Waals surface area (Å²) >= 11 is 0.820. The Hall–Kier alpha value is -5.22. The van der Waals surface area contributed by atoms with Gasteiger partial charge in [0.1, 0.15) is 16.3 Å². The first-order chi connectivity index (χ1) is 22.2. The van der Waals surface area contributed by atoms with E-state index in [9.17, 15) is 13.0 Å². The zero-order valence-corrected chi connectivity index (χ0v) is 25.3. The number of nitrogens with zero attached hydrogens (tertiary/aromatic N) is 4. The zero-order valence-electron chi connectivity index (χ0n) is 23.7. The lowest BCUT2D eigenvalue weighted by molar-refractivity contribution is -0.432. The highest BCUT2D eigenvalue weighted by molar-refractivity contribution is 7.94. The summed E-state index contributed by atoms with van der Waals surface area (Å²) in [6.07, 6.45) is 0. The standard InChI is InChI=1S/C32H24N6O6S2/c33-31-25-7-3-1-5-23(25)29(45-44-43-39)17-27(31)37-35-21-13-9-19(10-14-21)20-11-15-22(16-12-20)36-38-28-18-30(46(40,41)42)24-6-2-4-8-26(24)32(28)34/h1-18,39H,33-34H2,(H,40,41,42)/b37-35+,38-36+. The second-order valence-corrected chi connectivity index (χ2v) is 12.0. The summed E-state index contributed by atoms with van der Waals surface area (Å²) in [4.78, 5) is 0.339. The van der Waals surface area contributed by atoms with Crippen molar-refractivity contribution in [3.8, 4) is 11.1 Å². The summed E-state index contributed by atoms with van der Waals surface area (Å²) in [5.41, 5.74) is 16.8. The van der Waals surface area contributed by atoms with Gasteiger partial charge in [0.25, 0.3) is 10.1 Å². The van der Waals surface area contributed by atoms with E-state index >= 15 is 0 Å². The van der Waals surface area contributed by atoms with Gasteiger partial charge in [-0.1, -0.05) is 77.8 Å². The first-order valence-electron chi connectivity index (χ1n) is 13.5. The summed E-state index contributed by atoms with van der Waals surface area (Å²) in [5.74, 6) is 0. The lowest BCUT2D eigenvalue weighted by atomic mass is 10.1. The number of fused-ring (bicyclic) bond motifs is 2. The van der Waals surface area contributed by atoms with Gasteiger partial charge in [-0.25, -0.2) is 5.26 Å². The molecular formula is C32H24N6O6S2. The molecule has 46 heavy (non-hydrogen) atoms. The Morgan fingerprint density at radius 2 is 1.07 bits per heavy atom. The Balaban J connectivity index is 1.20. The number of nitrogen functional groups attached to an aromatic ring is 2. The smallest absolute Gasteiger partial charge is 0.295 e. The molecule has 6 N–H and O–H groups in total. The molecule has 0 unspecified atom stereocenters. The average Bonchev–Trinajstić information content (AvgIpc) is 3.07. The van der Waals surface area contributed by atoms with Crippen molar-refractivity contribution in [2.24, 2.45) is 20.5 Å². The Morgan fingerprint density at radius 1 is 0.609 bits per heavy atom. The molecule has 12 nitrogen and oxygen atoms in total. The maximum Gasteiger partial charge on any atom is 0.295 e. The molecule has 0 amide bonds. The lowest BCUT2D eigenvalue weighted by Gasteiger charge is -2.09. The van der Waals surface area contributed by atoms with Crippen molar-refractivity contribution < 1.29 is 27.6 Å². The predicted octanol–water partition coefficient (Wildman–Crippen LogP) is 9.33. The average molecular weight is 653 g/mol. The number of hydrogen-bond acceptors (Lipinski definition) is 12. The third-order valence-corrected chi connectivity index (χ3v) is 8.64. The van der Waals surface area contributed by atoms with Crippen molar-refractivity contribution in [1.29, 1.82) is 0 Å². The van der Waals surface area contributed by atoms with Crippen LogP contribution in [0.5, 0.6) is 0 Å². The van der Waals surface area contributed by atoms with Gasteiger partial charge >= 0.3 is 0 Å². The normalized spacial score (nSPS) is 12.1. The van der Waals surface area contributed by atoms with Crippen molar-refractivity contribution in [3.05, 3.63) is 109 Å². The number of nitrogens with two attached hydrogens (primary N) is 2. The van der Waals surface area contributed by atoms with Crippen LogP contribution < -0.4 is 11.5 Å². The monoisotopic (exact) mass is 652 g/mol. The van der Waals surface area contributed by atoms with Crippen LogP contribution in [0, 0.1) is 0 Å². The van der Waals surface area contributed by atoms with E-state index in [4.69, 9.17) is 16.7 Å². The van der Waals surface area contributed by atoms with Crippen LogP contribution in [0.3, 0.4) is 0 Å². The van der Waals surface area contributed by atoms with Crippen molar-refractivity contribution >= 4 is 77.8 Å². The summed E-state index contributed by atoms with van der Waals surface area (Å²) in [6.45, 7) is 0. The second kappa shape index (κ2) is 13.0. The van der Waals surface area contributed by atoms with Gasteiger partial charge in [-0.3, -0.25) is 4.55 Å².